The molecule has 8 heteroatoms. The average molecular weight is 340 g/mol. The standard InChI is InChI=1S/C16H20O8/c1-19-13-8-11(9-14(10-13)20-2)15(17)22-24-23-16(18)21-12-6-4-3-5-7-12/h8-10,12H,3-7H2,1-2H3. The molecule has 0 amide bonds. The van der Waals surface area contributed by atoms with Gasteiger partial charge in [-0.3, -0.25) is 4.89 Å². The van der Waals surface area contributed by atoms with Crippen molar-refractivity contribution in [1.82, 2.24) is 0 Å². The molecular weight excluding hydrogens is 320 g/mol. The Morgan fingerprint density at radius 3 is 2.12 bits per heavy atom. The molecule has 1 aromatic carbocycles. The van der Waals surface area contributed by atoms with Crippen molar-refractivity contribution in [2.75, 3.05) is 14.2 Å². The summed E-state index contributed by atoms with van der Waals surface area (Å²) in [5.41, 5.74) is 0.107. The van der Waals surface area contributed by atoms with Crippen LogP contribution in [0.3, 0.4) is 0 Å². The zero-order chi connectivity index (χ0) is 17.4. The van der Waals surface area contributed by atoms with Gasteiger partial charge in [0.05, 0.1) is 24.8 Å². The highest BCUT2D eigenvalue weighted by molar-refractivity contribution is 5.90. The molecule has 24 heavy (non-hydrogen) atoms. The third-order valence-electron chi connectivity index (χ3n) is 3.61. The summed E-state index contributed by atoms with van der Waals surface area (Å²) in [5.74, 6) is -0.0736. The molecule has 1 aliphatic carbocycles. The Kier molecular flexibility index (Phi) is 6.68. The van der Waals surface area contributed by atoms with E-state index >= 15 is 0 Å². The minimum Gasteiger partial charge on any atom is -0.497 e. The maximum Gasteiger partial charge on any atom is 0.543 e. The van der Waals surface area contributed by atoms with Gasteiger partial charge in [0.15, 0.2) is 0 Å². The van der Waals surface area contributed by atoms with Crippen LogP contribution in [0.1, 0.15) is 42.5 Å². The van der Waals surface area contributed by atoms with Crippen LogP contribution in [0.4, 0.5) is 4.79 Å². The van der Waals surface area contributed by atoms with Gasteiger partial charge in [0, 0.05) is 6.07 Å². The number of benzene rings is 1. The summed E-state index contributed by atoms with van der Waals surface area (Å²) in [5, 5.41) is 4.19. The second kappa shape index (κ2) is 8.97. The molecule has 0 aliphatic heterocycles. The predicted octanol–water partition coefficient (Wildman–Crippen LogP) is 3.19. The first kappa shape index (κ1) is 17.9. The Morgan fingerprint density at radius 2 is 1.54 bits per heavy atom. The molecule has 1 aromatic rings. The van der Waals surface area contributed by atoms with Crippen LogP contribution in [0, 0.1) is 0 Å². The zero-order valence-electron chi connectivity index (χ0n) is 13.6. The molecular formula is C16H20O8. The van der Waals surface area contributed by atoms with Crippen molar-refractivity contribution < 1.29 is 38.6 Å². The van der Waals surface area contributed by atoms with Gasteiger partial charge < -0.3 is 14.2 Å². The lowest BCUT2D eigenvalue weighted by Gasteiger charge is -2.20. The lowest BCUT2D eigenvalue weighted by molar-refractivity contribution is -0.453. The fourth-order valence-electron chi connectivity index (χ4n) is 2.39. The number of methoxy groups -OCH3 is 2. The molecule has 0 bridgehead atoms. The van der Waals surface area contributed by atoms with Crippen LogP contribution in [-0.4, -0.2) is 32.4 Å². The lowest BCUT2D eigenvalue weighted by Crippen LogP contribution is -2.22. The average Bonchev–Trinajstić information content (AvgIpc) is 2.61. The van der Waals surface area contributed by atoms with Crippen LogP contribution in [0.2, 0.25) is 0 Å². The van der Waals surface area contributed by atoms with E-state index in [0.717, 1.165) is 32.1 Å². The van der Waals surface area contributed by atoms with Crippen molar-refractivity contribution in [2.45, 2.75) is 38.2 Å². The SMILES string of the molecule is COc1cc(OC)cc(C(=O)OOOC(=O)OC2CCCCC2)c1. The molecule has 132 valence electrons. The van der Waals surface area contributed by atoms with E-state index < -0.39 is 12.1 Å². The first-order chi connectivity index (χ1) is 11.6. The summed E-state index contributed by atoms with van der Waals surface area (Å²) in [6, 6.07) is 4.44. The fraction of sp³-hybridized carbons (Fsp3) is 0.500. The Balaban J connectivity index is 1.79. The first-order valence-electron chi connectivity index (χ1n) is 7.61. The zero-order valence-corrected chi connectivity index (χ0v) is 13.6. The van der Waals surface area contributed by atoms with Gasteiger partial charge in [-0.2, -0.15) is 0 Å². The second-order valence-corrected chi connectivity index (χ2v) is 5.25. The highest BCUT2D eigenvalue weighted by Crippen LogP contribution is 2.23. The van der Waals surface area contributed by atoms with Gasteiger partial charge in [-0.25, -0.2) is 14.5 Å². The van der Waals surface area contributed by atoms with Gasteiger partial charge in [0.1, 0.15) is 17.6 Å². The second-order valence-electron chi connectivity index (χ2n) is 5.25. The minimum atomic E-state index is -1.04. The maximum atomic E-state index is 11.9. The Morgan fingerprint density at radius 1 is 0.917 bits per heavy atom. The molecule has 1 fully saturated rings. The summed E-state index contributed by atoms with van der Waals surface area (Å²) in [6.07, 6.45) is 3.49. The number of ether oxygens (including phenoxy) is 3. The summed E-state index contributed by atoms with van der Waals surface area (Å²) in [6.45, 7) is 0. The number of carbonyl (C=O) groups is 2. The first-order valence-corrected chi connectivity index (χ1v) is 7.61. The van der Waals surface area contributed by atoms with Crippen molar-refractivity contribution in [3.63, 3.8) is 0 Å². The van der Waals surface area contributed by atoms with E-state index in [0.29, 0.717) is 11.5 Å². The third kappa shape index (κ3) is 5.31. The molecule has 8 nitrogen and oxygen atoms in total. The monoisotopic (exact) mass is 340 g/mol. The van der Waals surface area contributed by atoms with Gasteiger partial charge in [0.25, 0.3) is 0 Å². The van der Waals surface area contributed by atoms with Gasteiger partial charge in [-0.05, 0) is 37.8 Å². The van der Waals surface area contributed by atoms with Crippen molar-refractivity contribution in [3.05, 3.63) is 23.8 Å². The van der Waals surface area contributed by atoms with Crippen LogP contribution in [0.5, 0.6) is 11.5 Å². The lowest BCUT2D eigenvalue weighted by atomic mass is 9.98. The molecule has 0 saturated heterocycles. The number of carbonyl (C=O) groups excluding carboxylic acids is 2. The smallest absolute Gasteiger partial charge is 0.497 e. The van der Waals surface area contributed by atoms with E-state index in [1.54, 1.807) is 6.07 Å². The predicted molar refractivity (Wildman–Crippen MR) is 80.5 cm³/mol. The Hall–Kier alpha value is -2.48. The third-order valence-corrected chi connectivity index (χ3v) is 3.61. The fourth-order valence-corrected chi connectivity index (χ4v) is 2.39. The van der Waals surface area contributed by atoms with E-state index in [-0.39, 0.29) is 11.7 Å². The molecule has 1 aliphatic rings. The van der Waals surface area contributed by atoms with Gasteiger partial charge in [-0.1, -0.05) is 6.42 Å². The molecule has 2 rings (SSSR count). The van der Waals surface area contributed by atoms with Crippen LogP contribution in [0.15, 0.2) is 18.2 Å². The van der Waals surface area contributed by atoms with Crippen LogP contribution >= 0.6 is 0 Å². The van der Waals surface area contributed by atoms with Crippen molar-refractivity contribution in [3.8, 4) is 11.5 Å². The van der Waals surface area contributed by atoms with Crippen LogP contribution < -0.4 is 9.47 Å². The maximum absolute atomic E-state index is 11.9. The minimum absolute atomic E-state index is 0.107. The van der Waals surface area contributed by atoms with Gasteiger partial charge in [-0.15, -0.1) is 0 Å². The molecule has 0 heterocycles. The van der Waals surface area contributed by atoms with E-state index in [4.69, 9.17) is 14.2 Å². The number of hydrogen-bond donors (Lipinski definition) is 0. The van der Waals surface area contributed by atoms with Gasteiger partial charge >= 0.3 is 12.1 Å². The van der Waals surface area contributed by atoms with Crippen molar-refractivity contribution >= 4 is 12.1 Å². The molecule has 0 unspecified atom stereocenters. The summed E-state index contributed by atoms with van der Waals surface area (Å²) in [4.78, 5) is 32.0. The van der Waals surface area contributed by atoms with Crippen LogP contribution in [-0.2, 0) is 19.6 Å². The molecule has 0 aromatic heterocycles. The van der Waals surface area contributed by atoms with E-state index in [1.165, 1.54) is 26.4 Å². The molecule has 0 atom stereocenters. The van der Waals surface area contributed by atoms with Gasteiger partial charge in [0.2, 0.25) is 0 Å². The summed E-state index contributed by atoms with van der Waals surface area (Å²) >= 11 is 0. The summed E-state index contributed by atoms with van der Waals surface area (Å²) < 4.78 is 15.1. The summed E-state index contributed by atoms with van der Waals surface area (Å²) in [7, 11) is 2.90. The Labute approximate surface area is 139 Å². The Bertz CT molecular complexity index is 543. The highest BCUT2D eigenvalue weighted by Gasteiger charge is 2.20. The van der Waals surface area contributed by atoms with Crippen molar-refractivity contribution in [1.29, 1.82) is 0 Å². The molecule has 1 saturated carbocycles. The van der Waals surface area contributed by atoms with E-state index in [9.17, 15) is 9.59 Å². The largest absolute Gasteiger partial charge is 0.543 e. The van der Waals surface area contributed by atoms with Crippen molar-refractivity contribution in [2.24, 2.45) is 0 Å². The van der Waals surface area contributed by atoms with Crippen LogP contribution in [0.25, 0.3) is 0 Å². The topological polar surface area (TPSA) is 89.5 Å². The molecule has 0 N–H and O–H groups in total. The highest BCUT2D eigenvalue weighted by atomic mass is 17.5. The molecule has 0 spiro atoms. The number of rotatable bonds is 6. The molecule has 0 radical (unpaired) electrons. The normalized spacial score (nSPS) is 14.6. The number of hydrogen-bond acceptors (Lipinski definition) is 8. The van der Waals surface area contributed by atoms with E-state index in [1.807, 2.05) is 0 Å². The quantitative estimate of drug-likeness (QED) is 0.443. The van der Waals surface area contributed by atoms with E-state index in [2.05, 4.69) is 14.8 Å².